The third-order valence-corrected chi connectivity index (χ3v) is 5.82. The van der Waals surface area contributed by atoms with Crippen LogP contribution in [0.4, 0.5) is 0 Å². The molecular formula is C21H37N5S. The van der Waals surface area contributed by atoms with E-state index in [-0.39, 0.29) is 0 Å². The fraction of sp³-hybridized carbons (Fsp3) is 0.667. The summed E-state index contributed by atoms with van der Waals surface area (Å²) in [6.07, 6.45) is 0. The van der Waals surface area contributed by atoms with Gasteiger partial charge in [0.05, 0.1) is 0 Å². The number of hydrogen-bond donors (Lipinski definition) is 2. The quantitative estimate of drug-likeness (QED) is 0.385. The molecule has 0 aromatic heterocycles. The number of likely N-dealkylation sites (N-methyl/N-ethyl adjacent to an activating group) is 1. The zero-order chi connectivity index (χ0) is 19.5. The van der Waals surface area contributed by atoms with Crippen LogP contribution >= 0.6 is 11.8 Å². The van der Waals surface area contributed by atoms with Crippen molar-refractivity contribution in [1.82, 2.24) is 20.4 Å². The maximum atomic E-state index is 4.82. The van der Waals surface area contributed by atoms with Gasteiger partial charge in [-0.15, -0.1) is 11.8 Å². The largest absolute Gasteiger partial charge is 0.357 e. The van der Waals surface area contributed by atoms with E-state index in [1.54, 1.807) is 0 Å². The molecular weight excluding hydrogens is 354 g/mol. The number of piperazine rings is 1. The Morgan fingerprint density at radius 2 is 1.81 bits per heavy atom. The molecule has 2 atom stereocenters. The van der Waals surface area contributed by atoms with Gasteiger partial charge in [0.1, 0.15) is 0 Å². The molecule has 0 radical (unpaired) electrons. The summed E-state index contributed by atoms with van der Waals surface area (Å²) in [4.78, 5) is 11.1. The molecule has 6 heteroatoms. The second-order valence-corrected chi connectivity index (χ2v) is 9.06. The maximum Gasteiger partial charge on any atom is 0.191 e. The highest BCUT2D eigenvalue weighted by atomic mass is 32.2. The van der Waals surface area contributed by atoms with Crippen molar-refractivity contribution < 1.29 is 0 Å². The zero-order valence-corrected chi connectivity index (χ0v) is 18.3. The summed E-state index contributed by atoms with van der Waals surface area (Å²) in [6.45, 7) is 15.2. The van der Waals surface area contributed by atoms with E-state index in [1.165, 1.54) is 31.1 Å². The summed E-state index contributed by atoms with van der Waals surface area (Å²) < 4.78 is 0. The highest BCUT2D eigenvalue weighted by Gasteiger charge is 2.16. The molecule has 0 aliphatic carbocycles. The van der Waals surface area contributed by atoms with Crippen molar-refractivity contribution in [3.63, 3.8) is 0 Å². The van der Waals surface area contributed by atoms with Crippen LogP contribution < -0.4 is 10.6 Å². The number of guanidine groups is 1. The van der Waals surface area contributed by atoms with Gasteiger partial charge in [-0.05, 0) is 32.0 Å². The molecule has 2 N–H and O–H groups in total. The highest BCUT2D eigenvalue weighted by molar-refractivity contribution is 8.00. The molecule has 1 aromatic rings. The van der Waals surface area contributed by atoms with Gasteiger partial charge in [0.15, 0.2) is 5.96 Å². The first-order valence-electron chi connectivity index (χ1n) is 10.2. The fourth-order valence-electron chi connectivity index (χ4n) is 3.13. The minimum Gasteiger partial charge on any atom is -0.357 e. The molecule has 0 bridgehead atoms. The van der Waals surface area contributed by atoms with Crippen LogP contribution in [0.25, 0.3) is 0 Å². The van der Waals surface area contributed by atoms with E-state index in [1.807, 2.05) is 11.8 Å². The van der Waals surface area contributed by atoms with Crippen molar-refractivity contribution in [2.75, 3.05) is 59.4 Å². The highest BCUT2D eigenvalue weighted by Crippen LogP contribution is 2.21. The molecule has 152 valence electrons. The maximum absolute atomic E-state index is 4.82. The minimum absolute atomic E-state index is 0.485. The van der Waals surface area contributed by atoms with Gasteiger partial charge in [-0.2, -0.15) is 0 Å². The Balaban J connectivity index is 1.73. The first kappa shape index (κ1) is 22.1. The SMILES string of the molecule is CCNC(=NCC(C)CN1CCN(C)CC1)NCC(C)Sc1ccccc1. The number of aliphatic imine (C=N–C) groups is 1. The third kappa shape index (κ3) is 9.00. The number of nitrogens with zero attached hydrogens (tertiary/aromatic N) is 3. The molecule has 2 rings (SSSR count). The predicted molar refractivity (Wildman–Crippen MR) is 119 cm³/mol. The molecule has 0 amide bonds. The van der Waals surface area contributed by atoms with Gasteiger partial charge >= 0.3 is 0 Å². The number of benzene rings is 1. The van der Waals surface area contributed by atoms with Crippen LogP contribution in [-0.2, 0) is 0 Å². The van der Waals surface area contributed by atoms with Crippen LogP contribution in [-0.4, -0.2) is 80.4 Å². The van der Waals surface area contributed by atoms with Crippen LogP contribution in [0.1, 0.15) is 20.8 Å². The van der Waals surface area contributed by atoms with Crippen molar-refractivity contribution in [3.8, 4) is 0 Å². The lowest BCUT2D eigenvalue weighted by molar-refractivity contribution is 0.140. The molecule has 1 heterocycles. The Labute approximate surface area is 170 Å². The topological polar surface area (TPSA) is 42.9 Å². The molecule has 0 saturated carbocycles. The van der Waals surface area contributed by atoms with Gasteiger partial charge < -0.3 is 20.4 Å². The number of rotatable bonds is 9. The molecule has 27 heavy (non-hydrogen) atoms. The van der Waals surface area contributed by atoms with Crippen molar-refractivity contribution in [3.05, 3.63) is 30.3 Å². The standard InChI is InChI=1S/C21H37N5S/c1-5-22-21(24-16-19(3)27-20-9-7-6-8-10-20)23-15-18(2)17-26-13-11-25(4)12-14-26/h6-10,18-19H,5,11-17H2,1-4H3,(H2,22,23,24). The lowest BCUT2D eigenvalue weighted by atomic mass is 10.1. The van der Waals surface area contributed by atoms with E-state index < -0.39 is 0 Å². The lowest BCUT2D eigenvalue weighted by Gasteiger charge is -2.33. The van der Waals surface area contributed by atoms with Crippen molar-refractivity contribution in [2.24, 2.45) is 10.9 Å². The Hall–Kier alpha value is -1.24. The summed E-state index contributed by atoms with van der Waals surface area (Å²) in [7, 11) is 2.20. The van der Waals surface area contributed by atoms with Crippen molar-refractivity contribution in [2.45, 2.75) is 30.9 Å². The van der Waals surface area contributed by atoms with Crippen LogP contribution in [0, 0.1) is 5.92 Å². The summed E-state index contributed by atoms with van der Waals surface area (Å²) >= 11 is 1.90. The van der Waals surface area contributed by atoms with Gasteiger partial charge in [0, 0.05) is 62.5 Å². The van der Waals surface area contributed by atoms with E-state index >= 15 is 0 Å². The van der Waals surface area contributed by atoms with Crippen LogP contribution in [0.5, 0.6) is 0 Å². The summed E-state index contributed by atoms with van der Waals surface area (Å²) in [5.41, 5.74) is 0. The molecule has 1 aromatic carbocycles. The van der Waals surface area contributed by atoms with E-state index in [9.17, 15) is 0 Å². The second kappa shape index (κ2) is 12.3. The fourth-order valence-corrected chi connectivity index (χ4v) is 4.08. The number of nitrogens with one attached hydrogen (secondary N) is 2. The van der Waals surface area contributed by atoms with Crippen molar-refractivity contribution >= 4 is 17.7 Å². The monoisotopic (exact) mass is 391 g/mol. The Morgan fingerprint density at radius 3 is 2.48 bits per heavy atom. The Morgan fingerprint density at radius 1 is 1.11 bits per heavy atom. The Kier molecular flexibility index (Phi) is 10.0. The van der Waals surface area contributed by atoms with Crippen LogP contribution in [0.15, 0.2) is 40.2 Å². The molecule has 1 fully saturated rings. The second-order valence-electron chi connectivity index (χ2n) is 7.55. The van der Waals surface area contributed by atoms with Gasteiger partial charge in [-0.1, -0.05) is 32.0 Å². The van der Waals surface area contributed by atoms with E-state index in [4.69, 9.17) is 4.99 Å². The van der Waals surface area contributed by atoms with Crippen LogP contribution in [0.3, 0.4) is 0 Å². The van der Waals surface area contributed by atoms with Gasteiger partial charge in [0.25, 0.3) is 0 Å². The predicted octanol–water partition coefficient (Wildman–Crippen LogP) is 2.61. The molecule has 0 spiro atoms. The third-order valence-electron chi connectivity index (χ3n) is 4.71. The first-order valence-corrected chi connectivity index (χ1v) is 11.1. The lowest BCUT2D eigenvalue weighted by Crippen LogP contribution is -2.46. The molecule has 1 saturated heterocycles. The van der Waals surface area contributed by atoms with Crippen LogP contribution in [0.2, 0.25) is 0 Å². The van der Waals surface area contributed by atoms with Gasteiger partial charge in [-0.25, -0.2) is 0 Å². The summed E-state index contributed by atoms with van der Waals surface area (Å²) in [6, 6.07) is 10.6. The minimum atomic E-state index is 0.485. The van der Waals surface area contributed by atoms with Gasteiger partial charge in [0.2, 0.25) is 0 Å². The Bertz CT molecular complexity index is 543. The van der Waals surface area contributed by atoms with Gasteiger partial charge in [-0.3, -0.25) is 4.99 Å². The number of thioether (sulfide) groups is 1. The molecule has 2 unspecified atom stereocenters. The summed E-state index contributed by atoms with van der Waals surface area (Å²) in [5.74, 6) is 1.50. The van der Waals surface area contributed by atoms with E-state index in [2.05, 4.69) is 78.6 Å². The van der Waals surface area contributed by atoms with Crippen molar-refractivity contribution in [1.29, 1.82) is 0 Å². The smallest absolute Gasteiger partial charge is 0.191 e. The number of hydrogen-bond acceptors (Lipinski definition) is 4. The molecule has 5 nitrogen and oxygen atoms in total. The normalized spacial score (nSPS) is 18.9. The first-order chi connectivity index (χ1) is 13.1. The van der Waals surface area contributed by atoms with E-state index in [0.717, 1.165) is 32.1 Å². The average Bonchev–Trinajstić information content (AvgIpc) is 2.66. The molecule has 1 aliphatic heterocycles. The summed E-state index contributed by atoms with van der Waals surface area (Å²) in [5, 5.41) is 7.36. The average molecular weight is 392 g/mol. The molecule has 1 aliphatic rings. The van der Waals surface area contributed by atoms with E-state index in [0.29, 0.717) is 11.2 Å². The zero-order valence-electron chi connectivity index (χ0n) is 17.4.